The number of halogens is 2. The summed E-state index contributed by atoms with van der Waals surface area (Å²) in [4.78, 5) is 31.0. The van der Waals surface area contributed by atoms with Crippen molar-refractivity contribution < 1.29 is 23.0 Å². The van der Waals surface area contributed by atoms with Gasteiger partial charge in [-0.05, 0) is 52.6 Å². The maximum Gasteiger partial charge on any atom is 0.200 e. The molecule has 0 aliphatic heterocycles. The molecule has 0 bridgehead atoms. The number of Topliss-reactive ketones (excluding diaryl/α,β-unsaturated/α-hetero) is 1. The van der Waals surface area contributed by atoms with Gasteiger partial charge in [0.25, 0.3) is 0 Å². The smallest absolute Gasteiger partial charge is 0.200 e. The van der Waals surface area contributed by atoms with Crippen molar-refractivity contribution in [1.29, 1.82) is 0 Å². The molecule has 2 N–H and O–H groups in total. The van der Waals surface area contributed by atoms with Crippen LogP contribution >= 0.6 is 0 Å². The fourth-order valence-corrected chi connectivity index (χ4v) is 4.85. The molecule has 0 saturated heterocycles. The summed E-state index contributed by atoms with van der Waals surface area (Å²) >= 11 is 0. The Hall–Kier alpha value is -5.31. The molecule has 0 atom stereocenters. The standard InChI is InChI=1S/C34H29F2N3O4/c1-42-31-12-9-24(17-32(31)43-2)25-16-27(34(37)38-18-25)22-5-3-21(4-6-22)15-30(40)29-20-39(14-13-35)19-28(33(29)41)23-7-10-26(36)11-8-23/h3-12,16-20H,13-15H2,1-2H3,(H2,37,38). The molecule has 7 nitrogen and oxygen atoms in total. The van der Waals surface area contributed by atoms with Crippen molar-refractivity contribution in [2.45, 2.75) is 13.0 Å². The fraction of sp³-hybridized carbons (Fsp3) is 0.147. The number of rotatable bonds is 10. The van der Waals surface area contributed by atoms with E-state index in [1.54, 1.807) is 32.5 Å². The number of pyridine rings is 2. The highest BCUT2D eigenvalue weighted by molar-refractivity contribution is 5.98. The first-order valence-corrected chi connectivity index (χ1v) is 13.5. The zero-order valence-corrected chi connectivity index (χ0v) is 23.6. The molecule has 0 saturated carbocycles. The third-order valence-electron chi connectivity index (χ3n) is 7.14. The molecule has 9 heteroatoms. The Balaban J connectivity index is 1.41. The van der Waals surface area contributed by atoms with Crippen molar-refractivity contribution in [2.75, 3.05) is 26.6 Å². The number of methoxy groups -OCH3 is 2. The van der Waals surface area contributed by atoms with Gasteiger partial charge >= 0.3 is 0 Å². The van der Waals surface area contributed by atoms with Crippen LogP contribution in [0.2, 0.25) is 0 Å². The molecule has 0 spiro atoms. The Morgan fingerprint density at radius 1 is 0.837 bits per heavy atom. The summed E-state index contributed by atoms with van der Waals surface area (Å²) in [5, 5.41) is 0. The number of benzene rings is 3. The second kappa shape index (κ2) is 12.7. The van der Waals surface area contributed by atoms with Gasteiger partial charge in [0.1, 0.15) is 18.3 Å². The maximum atomic E-state index is 13.5. The van der Waals surface area contributed by atoms with Crippen LogP contribution in [-0.2, 0) is 13.0 Å². The van der Waals surface area contributed by atoms with Gasteiger partial charge in [0.2, 0.25) is 0 Å². The van der Waals surface area contributed by atoms with Gasteiger partial charge < -0.3 is 19.8 Å². The molecular formula is C34H29F2N3O4. The SMILES string of the molecule is COc1ccc(-c2cnc(N)c(-c3ccc(CC(=O)c4cn(CCF)cc(-c5ccc(F)cc5)c4=O)cc3)c2)cc1OC. The maximum absolute atomic E-state index is 13.5. The zero-order chi connectivity index (χ0) is 30.5. The van der Waals surface area contributed by atoms with E-state index in [-0.39, 0.29) is 24.1 Å². The van der Waals surface area contributed by atoms with Gasteiger partial charge in [-0.3, -0.25) is 9.59 Å². The quantitative estimate of drug-likeness (QED) is 0.192. The van der Waals surface area contributed by atoms with E-state index in [4.69, 9.17) is 15.2 Å². The van der Waals surface area contributed by atoms with Gasteiger partial charge in [-0.1, -0.05) is 42.5 Å². The van der Waals surface area contributed by atoms with E-state index in [2.05, 4.69) is 4.98 Å². The fourth-order valence-electron chi connectivity index (χ4n) is 4.85. The predicted octanol–water partition coefficient (Wildman–Crippen LogP) is 6.38. The van der Waals surface area contributed by atoms with Crippen molar-refractivity contribution in [3.63, 3.8) is 0 Å². The first-order chi connectivity index (χ1) is 20.8. The summed E-state index contributed by atoms with van der Waals surface area (Å²) < 4.78 is 38.9. The summed E-state index contributed by atoms with van der Waals surface area (Å²) in [6.45, 7) is -0.701. The number of nitrogens with two attached hydrogens (primary N) is 1. The monoisotopic (exact) mass is 581 g/mol. The Morgan fingerprint density at radius 2 is 1.49 bits per heavy atom. The second-order valence-electron chi connectivity index (χ2n) is 9.87. The Kier molecular flexibility index (Phi) is 8.61. The van der Waals surface area contributed by atoms with Crippen LogP contribution in [0.5, 0.6) is 11.5 Å². The lowest BCUT2D eigenvalue weighted by atomic mass is 9.97. The van der Waals surface area contributed by atoms with E-state index in [0.717, 1.165) is 16.7 Å². The molecule has 2 heterocycles. The Labute approximate surface area is 247 Å². The van der Waals surface area contributed by atoms with Gasteiger partial charge in [0, 0.05) is 41.7 Å². The first-order valence-electron chi connectivity index (χ1n) is 13.5. The molecule has 5 rings (SSSR count). The number of aryl methyl sites for hydroxylation is 1. The third kappa shape index (κ3) is 6.30. The van der Waals surface area contributed by atoms with Crippen LogP contribution in [0.4, 0.5) is 14.6 Å². The number of nitrogens with zero attached hydrogens (tertiary/aromatic N) is 2. The number of hydrogen-bond donors (Lipinski definition) is 1. The minimum Gasteiger partial charge on any atom is -0.493 e. The molecular weight excluding hydrogens is 552 g/mol. The van der Waals surface area contributed by atoms with Gasteiger partial charge in [0.05, 0.1) is 26.3 Å². The number of nitrogen functional groups attached to an aromatic ring is 1. The van der Waals surface area contributed by atoms with Crippen LogP contribution < -0.4 is 20.6 Å². The van der Waals surface area contributed by atoms with Crippen molar-refractivity contribution in [1.82, 2.24) is 9.55 Å². The number of carbonyl (C=O) groups excluding carboxylic acids is 1. The molecule has 0 fully saturated rings. The summed E-state index contributed by atoms with van der Waals surface area (Å²) in [5.41, 5.74) is 10.2. The van der Waals surface area contributed by atoms with E-state index in [1.807, 2.05) is 36.4 Å². The van der Waals surface area contributed by atoms with Crippen LogP contribution in [0.15, 0.2) is 96.2 Å². The van der Waals surface area contributed by atoms with E-state index in [0.29, 0.717) is 34.0 Å². The van der Waals surface area contributed by atoms with Crippen molar-refractivity contribution in [3.8, 4) is 44.9 Å². The highest BCUT2D eigenvalue weighted by Gasteiger charge is 2.17. The van der Waals surface area contributed by atoms with E-state index < -0.39 is 23.7 Å². The largest absolute Gasteiger partial charge is 0.493 e. The number of ketones is 1. The van der Waals surface area contributed by atoms with Gasteiger partial charge in [-0.2, -0.15) is 0 Å². The highest BCUT2D eigenvalue weighted by Crippen LogP contribution is 2.35. The van der Waals surface area contributed by atoms with E-state index >= 15 is 0 Å². The van der Waals surface area contributed by atoms with Crippen LogP contribution in [-0.4, -0.2) is 36.2 Å². The summed E-state index contributed by atoms with van der Waals surface area (Å²) in [6, 6.07) is 20.1. The zero-order valence-electron chi connectivity index (χ0n) is 23.6. The molecule has 0 amide bonds. The van der Waals surface area contributed by atoms with Crippen molar-refractivity contribution >= 4 is 11.6 Å². The van der Waals surface area contributed by atoms with Crippen LogP contribution in [0.3, 0.4) is 0 Å². The summed E-state index contributed by atoms with van der Waals surface area (Å²) in [7, 11) is 3.15. The number of ether oxygens (including phenoxy) is 2. The molecule has 43 heavy (non-hydrogen) atoms. The summed E-state index contributed by atoms with van der Waals surface area (Å²) in [6.07, 6.45) is 4.49. The van der Waals surface area contributed by atoms with Gasteiger partial charge in [0.15, 0.2) is 22.7 Å². The molecule has 218 valence electrons. The Bertz CT molecular complexity index is 1840. The van der Waals surface area contributed by atoms with Crippen LogP contribution in [0.1, 0.15) is 15.9 Å². The minimum atomic E-state index is -0.675. The van der Waals surface area contributed by atoms with Gasteiger partial charge in [-0.25, -0.2) is 13.8 Å². The molecule has 0 radical (unpaired) electrons. The van der Waals surface area contributed by atoms with Crippen LogP contribution in [0, 0.1) is 5.82 Å². The number of alkyl halides is 1. The molecule has 5 aromatic rings. The molecule has 2 aromatic heterocycles. The van der Waals surface area contributed by atoms with E-state index in [1.165, 1.54) is 41.2 Å². The van der Waals surface area contributed by atoms with Crippen LogP contribution in [0.25, 0.3) is 33.4 Å². The number of aromatic nitrogens is 2. The molecule has 0 aliphatic carbocycles. The van der Waals surface area contributed by atoms with Crippen molar-refractivity contribution in [3.05, 3.63) is 119 Å². The topological polar surface area (TPSA) is 96.4 Å². The highest BCUT2D eigenvalue weighted by atomic mass is 19.1. The second-order valence-corrected chi connectivity index (χ2v) is 9.87. The lowest BCUT2D eigenvalue weighted by Gasteiger charge is -2.12. The molecule has 0 aliphatic rings. The molecule has 0 unspecified atom stereocenters. The van der Waals surface area contributed by atoms with Crippen molar-refractivity contribution in [2.24, 2.45) is 0 Å². The first kappa shape index (κ1) is 29.2. The summed E-state index contributed by atoms with van der Waals surface area (Å²) in [5.74, 6) is 0.689. The van der Waals surface area contributed by atoms with Gasteiger partial charge in [-0.15, -0.1) is 0 Å². The minimum absolute atomic E-state index is 0.0265. The lowest BCUT2D eigenvalue weighted by Crippen LogP contribution is -2.21. The molecule has 3 aromatic carbocycles. The van der Waals surface area contributed by atoms with E-state index in [9.17, 15) is 18.4 Å². The lowest BCUT2D eigenvalue weighted by molar-refractivity contribution is 0.0991. The Morgan fingerprint density at radius 3 is 2.16 bits per heavy atom. The number of carbonyl (C=O) groups is 1. The number of anilines is 1. The third-order valence-corrected chi connectivity index (χ3v) is 7.14. The normalized spacial score (nSPS) is 10.9. The predicted molar refractivity (Wildman–Crippen MR) is 163 cm³/mol. The average molecular weight is 582 g/mol. The number of hydrogen-bond acceptors (Lipinski definition) is 6. The average Bonchev–Trinajstić information content (AvgIpc) is 3.02.